The van der Waals surface area contributed by atoms with Gasteiger partial charge >= 0.3 is 11.9 Å². The summed E-state index contributed by atoms with van der Waals surface area (Å²) in [6, 6.07) is 5.92. The van der Waals surface area contributed by atoms with Gasteiger partial charge in [0.25, 0.3) is 5.91 Å². The lowest BCUT2D eigenvalue weighted by atomic mass is 9.79. The minimum atomic E-state index is -0.609. The Kier molecular flexibility index (Phi) is 7.81. The second kappa shape index (κ2) is 10.5. The zero-order valence-corrected chi connectivity index (χ0v) is 17.5. The number of hydrogen-bond donors (Lipinski definition) is 1. The van der Waals surface area contributed by atoms with Crippen molar-refractivity contribution in [3.63, 3.8) is 0 Å². The van der Waals surface area contributed by atoms with Gasteiger partial charge in [-0.3, -0.25) is 9.69 Å². The van der Waals surface area contributed by atoms with Crippen molar-refractivity contribution in [3.05, 3.63) is 35.4 Å². The molecule has 1 heterocycles. The van der Waals surface area contributed by atoms with Crippen LogP contribution in [0.3, 0.4) is 0 Å². The maximum Gasteiger partial charge on any atom is 0.338 e. The van der Waals surface area contributed by atoms with Gasteiger partial charge in [-0.15, -0.1) is 0 Å². The number of ether oxygens (including phenoxy) is 3. The Morgan fingerprint density at radius 3 is 2.20 bits per heavy atom. The van der Waals surface area contributed by atoms with E-state index >= 15 is 0 Å². The summed E-state index contributed by atoms with van der Waals surface area (Å²) in [5.74, 6) is -1.40. The highest BCUT2D eigenvalue weighted by Crippen LogP contribution is 2.33. The Morgan fingerprint density at radius 1 is 1.00 bits per heavy atom. The van der Waals surface area contributed by atoms with E-state index in [1.165, 1.54) is 37.8 Å². The van der Waals surface area contributed by atoms with Crippen LogP contribution in [0.4, 0.5) is 0 Å². The number of morpholine rings is 1. The van der Waals surface area contributed by atoms with Gasteiger partial charge in [-0.05, 0) is 37.1 Å². The number of rotatable bonds is 7. The summed E-state index contributed by atoms with van der Waals surface area (Å²) in [4.78, 5) is 38.4. The highest BCUT2D eigenvalue weighted by atomic mass is 16.5. The van der Waals surface area contributed by atoms with Crippen LogP contribution < -0.4 is 5.32 Å². The van der Waals surface area contributed by atoms with Crippen LogP contribution in [0.5, 0.6) is 0 Å². The molecule has 0 atom stereocenters. The first-order chi connectivity index (χ1) is 14.5. The summed E-state index contributed by atoms with van der Waals surface area (Å²) >= 11 is 0. The molecule has 0 aromatic heterocycles. The fraction of sp³-hybridized carbons (Fsp3) is 0.591. The number of carbonyl (C=O) groups is 3. The first-order valence-electron chi connectivity index (χ1n) is 10.5. The zero-order valence-electron chi connectivity index (χ0n) is 17.5. The highest BCUT2D eigenvalue weighted by Gasteiger charge is 2.38. The first-order valence-corrected chi connectivity index (χ1v) is 10.5. The Hall–Kier alpha value is -2.45. The third kappa shape index (κ3) is 5.58. The third-order valence-corrected chi connectivity index (χ3v) is 5.96. The van der Waals surface area contributed by atoms with E-state index in [-0.39, 0.29) is 23.6 Å². The number of nitrogens with one attached hydrogen (secondary N) is 1. The van der Waals surface area contributed by atoms with E-state index < -0.39 is 11.9 Å². The largest absolute Gasteiger partial charge is 0.465 e. The molecule has 1 aromatic carbocycles. The molecule has 8 nitrogen and oxygen atoms in total. The number of nitrogens with zero attached hydrogens (tertiary/aromatic N) is 1. The number of esters is 2. The van der Waals surface area contributed by atoms with Gasteiger partial charge in [0.1, 0.15) is 0 Å². The predicted octanol–water partition coefficient (Wildman–Crippen LogP) is 1.78. The fourth-order valence-electron chi connectivity index (χ4n) is 4.24. The maximum absolute atomic E-state index is 12.3. The number of hydrogen-bond acceptors (Lipinski definition) is 7. The van der Waals surface area contributed by atoms with Gasteiger partial charge in [-0.25, -0.2) is 9.59 Å². The summed E-state index contributed by atoms with van der Waals surface area (Å²) in [6.45, 7) is 3.43. The minimum absolute atomic E-state index is 0.0363. The third-order valence-electron chi connectivity index (χ3n) is 5.96. The van der Waals surface area contributed by atoms with Gasteiger partial charge in [-0.1, -0.05) is 19.3 Å². The molecule has 0 bridgehead atoms. The molecule has 0 radical (unpaired) electrons. The van der Waals surface area contributed by atoms with Crippen molar-refractivity contribution in [2.24, 2.45) is 0 Å². The van der Waals surface area contributed by atoms with Crippen LogP contribution in [0.2, 0.25) is 0 Å². The monoisotopic (exact) mass is 418 g/mol. The molecule has 1 aromatic rings. The molecule has 1 aliphatic heterocycles. The van der Waals surface area contributed by atoms with E-state index in [4.69, 9.17) is 9.47 Å². The molecule has 2 fully saturated rings. The van der Waals surface area contributed by atoms with Crippen molar-refractivity contribution in [1.29, 1.82) is 0 Å². The number of benzene rings is 1. The van der Waals surface area contributed by atoms with Crippen LogP contribution in [-0.2, 0) is 19.0 Å². The number of amides is 1. The molecule has 2 aliphatic rings. The topological polar surface area (TPSA) is 94.2 Å². The van der Waals surface area contributed by atoms with Crippen molar-refractivity contribution in [2.45, 2.75) is 37.6 Å². The summed E-state index contributed by atoms with van der Waals surface area (Å²) in [5, 5.41) is 2.97. The predicted molar refractivity (Wildman–Crippen MR) is 109 cm³/mol. The van der Waals surface area contributed by atoms with Gasteiger partial charge < -0.3 is 19.5 Å². The van der Waals surface area contributed by atoms with Gasteiger partial charge in [0.15, 0.2) is 6.61 Å². The van der Waals surface area contributed by atoms with Gasteiger partial charge in [-0.2, -0.15) is 0 Å². The van der Waals surface area contributed by atoms with Crippen LogP contribution >= 0.6 is 0 Å². The van der Waals surface area contributed by atoms with E-state index in [1.54, 1.807) is 0 Å². The average molecular weight is 418 g/mol. The lowest BCUT2D eigenvalue weighted by molar-refractivity contribution is -0.125. The van der Waals surface area contributed by atoms with E-state index in [1.807, 2.05) is 0 Å². The fourth-order valence-corrected chi connectivity index (χ4v) is 4.24. The van der Waals surface area contributed by atoms with Crippen LogP contribution in [-0.4, -0.2) is 74.8 Å². The van der Waals surface area contributed by atoms with Crippen LogP contribution in [0.25, 0.3) is 0 Å². The molecular formula is C22H30N2O6. The minimum Gasteiger partial charge on any atom is -0.465 e. The molecule has 30 heavy (non-hydrogen) atoms. The van der Waals surface area contributed by atoms with Crippen molar-refractivity contribution < 1.29 is 28.6 Å². The number of carbonyl (C=O) groups excluding carboxylic acids is 3. The van der Waals surface area contributed by atoms with E-state index in [0.717, 1.165) is 52.0 Å². The Morgan fingerprint density at radius 2 is 1.60 bits per heavy atom. The second-order valence-electron chi connectivity index (χ2n) is 7.81. The quantitative estimate of drug-likeness (QED) is 0.675. The van der Waals surface area contributed by atoms with Crippen molar-refractivity contribution in [3.8, 4) is 0 Å². The van der Waals surface area contributed by atoms with Crippen molar-refractivity contribution >= 4 is 17.8 Å². The van der Waals surface area contributed by atoms with E-state index in [9.17, 15) is 14.4 Å². The first kappa shape index (κ1) is 22.2. The molecule has 1 saturated heterocycles. The average Bonchev–Trinajstić information content (AvgIpc) is 2.82. The lowest BCUT2D eigenvalue weighted by Crippen LogP contribution is -2.59. The molecular weight excluding hydrogens is 388 g/mol. The van der Waals surface area contributed by atoms with Gasteiger partial charge in [0.2, 0.25) is 0 Å². The number of methoxy groups -OCH3 is 1. The van der Waals surface area contributed by atoms with Gasteiger partial charge in [0, 0.05) is 25.2 Å². The molecule has 1 amide bonds. The Labute approximate surface area is 176 Å². The molecule has 3 rings (SSSR count). The zero-order chi connectivity index (χ0) is 21.4. The van der Waals surface area contributed by atoms with Gasteiger partial charge in [0.05, 0.1) is 31.5 Å². The molecule has 1 aliphatic carbocycles. The van der Waals surface area contributed by atoms with Crippen LogP contribution in [0.1, 0.15) is 52.8 Å². The summed E-state index contributed by atoms with van der Waals surface area (Å²) in [5.41, 5.74) is 0.575. The van der Waals surface area contributed by atoms with Crippen molar-refractivity contribution in [2.75, 3.05) is 46.6 Å². The maximum atomic E-state index is 12.3. The smallest absolute Gasteiger partial charge is 0.338 e. The van der Waals surface area contributed by atoms with Crippen molar-refractivity contribution in [1.82, 2.24) is 10.2 Å². The normalized spacial score (nSPS) is 19.0. The standard InChI is InChI=1S/C22H30N2O6/c1-28-20(26)17-5-7-18(8-6-17)21(27)30-15-19(25)23-16-22(9-3-2-4-10-22)24-11-13-29-14-12-24/h5-8H,2-4,9-16H2,1H3,(H,23,25). The SMILES string of the molecule is COC(=O)c1ccc(C(=O)OCC(=O)NCC2(N3CCOCC3)CCCCC2)cc1. The molecule has 0 spiro atoms. The molecule has 8 heteroatoms. The molecule has 0 unspecified atom stereocenters. The Balaban J connectivity index is 1.49. The highest BCUT2D eigenvalue weighted by molar-refractivity contribution is 5.94. The van der Waals surface area contributed by atoms with E-state index in [2.05, 4.69) is 15.0 Å². The molecule has 164 valence electrons. The Bertz CT molecular complexity index is 736. The summed E-state index contributed by atoms with van der Waals surface area (Å²) < 4.78 is 15.2. The molecule has 1 saturated carbocycles. The summed E-state index contributed by atoms with van der Waals surface area (Å²) in [6.07, 6.45) is 5.65. The van der Waals surface area contributed by atoms with Crippen LogP contribution in [0.15, 0.2) is 24.3 Å². The van der Waals surface area contributed by atoms with Crippen LogP contribution in [0, 0.1) is 0 Å². The lowest BCUT2D eigenvalue weighted by Gasteiger charge is -2.48. The second-order valence-corrected chi connectivity index (χ2v) is 7.81. The molecule has 1 N–H and O–H groups in total. The van der Waals surface area contributed by atoms with E-state index in [0.29, 0.717) is 12.1 Å². The summed E-state index contributed by atoms with van der Waals surface area (Å²) in [7, 11) is 1.29.